The SMILES string of the molecule is Cc1ccc([C@H]2c3cccn3CCCN2Cc2cccc(F)c2)cc1C. The highest BCUT2D eigenvalue weighted by Crippen LogP contribution is 2.33. The van der Waals surface area contributed by atoms with Crippen LogP contribution in [0.25, 0.3) is 0 Å². The molecule has 2 nitrogen and oxygen atoms in total. The van der Waals surface area contributed by atoms with E-state index >= 15 is 0 Å². The average molecular weight is 348 g/mol. The molecule has 0 radical (unpaired) electrons. The molecule has 4 rings (SSSR count). The monoisotopic (exact) mass is 348 g/mol. The van der Waals surface area contributed by atoms with Gasteiger partial charge in [-0.2, -0.15) is 0 Å². The van der Waals surface area contributed by atoms with Gasteiger partial charge in [0.05, 0.1) is 6.04 Å². The Labute approximate surface area is 154 Å². The maximum absolute atomic E-state index is 13.7. The number of aromatic nitrogens is 1. The lowest BCUT2D eigenvalue weighted by molar-refractivity contribution is 0.220. The molecule has 0 saturated carbocycles. The molecule has 26 heavy (non-hydrogen) atoms. The Bertz CT molecular complexity index is 912. The fraction of sp³-hybridized carbons (Fsp3) is 0.304. The Kier molecular flexibility index (Phi) is 4.64. The summed E-state index contributed by atoms with van der Waals surface area (Å²) < 4.78 is 16.1. The van der Waals surface area contributed by atoms with Crippen LogP contribution in [0.3, 0.4) is 0 Å². The summed E-state index contributed by atoms with van der Waals surface area (Å²) in [5.41, 5.74) is 6.29. The second-order valence-electron chi connectivity index (χ2n) is 7.33. The van der Waals surface area contributed by atoms with E-state index in [2.05, 4.69) is 59.8 Å². The third kappa shape index (κ3) is 3.32. The van der Waals surface area contributed by atoms with Crippen molar-refractivity contribution in [1.29, 1.82) is 0 Å². The first kappa shape index (κ1) is 17.0. The van der Waals surface area contributed by atoms with Gasteiger partial charge in [0.2, 0.25) is 0 Å². The molecule has 0 amide bonds. The lowest BCUT2D eigenvalue weighted by atomic mass is 9.97. The molecule has 134 valence electrons. The number of nitrogens with zero attached hydrogens (tertiary/aromatic N) is 2. The summed E-state index contributed by atoms with van der Waals surface area (Å²) in [6, 6.07) is 18.3. The van der Waals surface area contributed by atoms with E-state index in [1.54, 1.807) is 12.1 Å². The van der Waals surface area contributed by atoms with Crippen molar-refractivity contribution in [3.8, 4) is 0 Å². The molecule has 1 atom stereocenters. The molecule has 1 aliphatic heterocycles. The van der Waals surface area contributed by atoms with Crippen LogP contribution in [0.5, 0.6) is 0 Å². The van der Waals surface area contributed by atoms with Gasteiger partial charge in [0.25, 0.3) is 0 Å². The molecule has 1 aliphatic rings. The van der Waals surface area contributed by atoms with Gasteiger partial charge in [-0.3, -0.25) is 4.90 Å². The minimum absolute atomic E-state index is 0.163. The topological polar surface area (TPSA) is 8.17 Å². The number of halogens is 1. The smallest absolute Gasteiger partial charge is 0.123 e. The van der Waals surface area contributed by atoms with Crippen LogP contribution in [0, 0.1) is 19.7 Å². The zero-order valence-corrected chi connectivity index (χ0v) is 15.5. The van der Waals surface area contributed by atoms with Gasteiger partial charge in [0.1, 0.15) is 5.82 Å². The van der Waals surface area contributed by atoms with Crippen LogP contribution in [0.2, 0.25) is 0 Å². The number of aryl methyl sites for hydroxylation is 3. The van der Waals surface area contributed by atoms with Crippen molar-refractivity contribution in [3.63, 3.8) is 0 Å². The third-order valence-corrected chi connectivity index (χ3v) is 5.48. The molecule has 0 aliphatic carbocycles. The van der Waals surface area contributed by atoms with E-state index in [9.17, 15) is 4.39 Å². The predicted octanol–water partition coefficient (Wildman–Crippen LogP) is 5.24. The van der Waals surface area contributed by atoms with Crippen LogP contribution >= 0.6 is 0 Å². The van der Waals surface area contributed by atoms with Crippen LogP contribution in [0.15, 0.2) is 60.8 Å². The summed E-state index contributed by atoms with van der Waals surface area (Å²) in [5.74, 6) is -0.163. The Balaban J connectivity index is 1.76. The van der Waals surface area contributed by atoms with E-state index in [-0.39, 0.29) is 11.9 Å². The van der Waals surface area contributed by atoms with Crippen molar-refractivity contribution < 1.29 is 4.39 Å². The van der Waals surface area contributed by atoms with E-state index in [1.807, 2.05) is 6.07 Å². The zero-order valence-electron chi connectivity index (χ0n) is 15.5. The maximum Gasteiger partial charge on any atom is 0.123 e. The average Bonchev–Trinajstić information content (AvgIpc) is 3.00. The van der Waals surface area contributed by atoms with Crippen LogP contribution in [0.4, 0.5) is 4.39 Å². The molecule has 0 bridgehead atoms. The van der Waals surface area contributed by atoms with Crippen LogP contribution in [-0.2, 0) is 13.1 Å². The highest BCUT2D eigenvalue weighted by Gasteiger charge is 2.27. The van der Waals surface area contributed by atoms with Crippen molar-refractivity contribution in [3.05, 3.63) is 94.6 Å². The quantitative estimate of drug-likeness (QED) is 0.628. The lowest BCUT2D eigenvalue weighted by Crippen LogP contribution is -2.29. The van der Waals surface area contributed by atoms with Crippen molar-refractivity contribution >= 4 is 0 Å². The van der Waals surface area contributed by atoms with Crippen molar-refractivity contribution in [2.45, 2.75) is 39.4 Å². The van der Waals surface area contributed by atoms with Gasteiger partial charge >= 0.3 is 0 Å². The number of fused-ring (bicyclic) bond motifs is 1. The molecule has 3 aromatic rings. The number of benzene rings is 2. The van der Waals surface area contributed by atoms with Gasteiger partial charge in [-0.25, -0.2) is 4.39 Å². The van der Waals surface area contributed by atoms with E-state index in [0.29, 0.717) is 0 Å². The van der Waals surface area contributed by atoms with Crippen LogP contribution in [-0.4, -0.2) is 16.0 Å². The second kappa shape index (κ2) is 7.08. The Hall–Kier alpha value is -2.39. The van der Waals surface area contributed by atoms with Gasteiger partial charge < -0.3 is 4.57 Å². The lowest BCUT2D eigenvalue weighted by Gasteiger charge is -2.31. The molecule has 2 aromatic carbocycles. The fourth-order valence-electron chi connectivity index (χ4n) is 4.00. The number of hydrogen-bond acceptors (Lipinski definition) is 1. The summed E-state index contributed by atoms with van der Waals surface area (Å²) >= 11 is 0. The molecule has 0 N–H and O–H groups in total. The fourth-order valence-corrected chi connectivity index (χ4v) is 4.00. The first-order chi connectivity index (χ1) is 12.6. The third-order valence-electron chi connectivity index (χ3n) is 5.48. The summed E-state index contributed by atoms with van der Waals surface area (Å²) in [5, 5.41) is 0. The molecule has 0 fully saturated rings. The normalized spacial score (nSPS) is 17.7. The van der Waals surface area contributed by atoms with E-state index in [4.69, 9.17) is 0 Å². The van der Waals surface area contributed by atoms with Gasteiger partial charge in [-0.15, -0.1) is 0 Å². The van der Waals surface area contributed by atoms with Gasteiger partial charge in [-0.05, 0) is 66.8 Å². The Morgan fingerprint density at radius 3 is 2.65 bits per heavy atom. The molecule has 0 unspecified atom stereocenters. The summed E-state index contributed by atoms with van der Waals surface area (Å²) in [6.07, 6.45) is 3.27. The van der Waals surface area contributed by atoms with Crippen LogP contribution in [0.1, 0.15) is 40.4 Å². The van der Waals surface area contributed by atoms with Crippen molar-refractivity contribution in [2.24, 2.45) is 0 Å². The first-order valence-corrected chi connectivity index (χ1v) is 9.32. The van der Waals surface area contributed by atoms with E-state index < -0.39 is 0 Å². The number of rotatable bonds is 3. The minimum atomic E-state index is -0.163. The molecular formula is C23H25FN2. The Morgan fingerprint density at radius 1 is 0.962 bits per heavy atom. The summed E-state index contributed by atoms with van der Waals surface area (Å²) in [4.78, 5) is 2.48. The molecule has 0 saturated heterocycles. The van der Waals surface area contributed by atoms with Gasteiger partial charge in [0, 0.05) is 31.5 Å². The molecule has 2 heterocycles. The molecular weight excluding hydrogens is 323 g/mol. The predicted molar refractivity (Wildman–Crippen MR) is 104 cm³/mol. The molecule has 0 spiro atoms. The zero-order chi connectivity index (χ0) is 18.1. The summed E-state index contributed by atoms with van der Waals surface area (Å²) in [7, 11) is 0. The highest BCUT2D eigenvalue weighted by molar-refractivity contribution is 5.36. The minimum Gasteiger partial charge on any atom is -0.350 e. The highest BCUT2D eigenvalue weighted by atomic mass is 19.1. The summed E-state index contributed by atoms with van der Waals surface area (Å²) in [6.45, 7) is 7.10. The standard InChI is InChI=1S/C23H25FN2/c1-17-9-10-20(14-18(17)2)23-22-8-4-11-25(22)12-5-13-26(23)16-19-6-3-7-21(24)15-19/h3-4,6-11,14-15,23H,5,12-13,16H2,1-2H3/t23-/m0/s1. The Morgan fingerprint density at radius 2 is 1.85 bits per heavy atom. The van der Waals surface area contributed by atoms with Crippen molar-refractivity contribution in [2.75, 3.05) is 6.54 Å². The van der Waals surface area contributed by atoms with Crippen molar-refractivity contribution in [1.82, 2.24) is 9.47 Å². The van der Waals surface area contributed by atoms with Crippen LogP contribution < -0.4 is 0 Å². The van der Waals surface area contributed by atoms with Gasteiger partial charge in [0.15, 0.2) is 0 Å². The number of hydrogen-bond donors (Lipinski definition) is 0. The van der Waals surface area contributed by atoms with E-state index in [1.165, 1.54) is 28.5 Å². The van der Waals surface area contributed by atoms with Gasteiger partial charge in [-0.1, -0.05) is 30.3 Å². The van der Waals surface area contributed by atoms with E-state index in [0.717, 1.165) is 31.6 Å². The largest absolute Gasteiger partial charge is 0.350 e. The molecule has 3 heteroatoms. The second-order valence-corrected chi connectivity index (χ2v) is 7.33. The molecule has 1 aromatic heterocycles. The maximum atomic E-state index is 13.7. The first-order valence-electron chi connectivity index (χ1n) is 9.32.